The van der Waals surface area contributed by atoms with Gasteiger partial charge in [-0.1, -0.05) is 6.92 Å². The normalized spacial score (nSPS) is 26.1. The third-order valence-electron chi connectivity index (χ3n) is 4.15. The second-order valence-electron chi connectivity index (χ2n) is 5.20. The Balaban J connectivity index is 2.11. The van der Waals surface area contributed by atoms with E-state index in [2.05, 4.69) is 29.6 Å². The van der Waals surface area contributed by atoms with Gasteiger partial charge in [0.15, 0.2) is 4.77 Å². The van der Waals surface area contributed by atoms with E-state index in [9.17, 15) is 0 Å². The number of aromatic nitrogens is 2. The highest BCUT2D eigenvalue weighted by molar-refractivity contribution is 7.71. The quantitative estimate of drug-likeness (QED) is 0.740. The molecule has 0 unspecified atom stereocenters. The Morgan fingerprint density at radius 1 is 1.36 bits per heavy atom. The Bertz CT molecular complexity index is 432. The molecule has 0 aromatic carbocycles. The lowest BCUT2D eigenvalue weighted by molar-refractivity contribution is 0.300. The first-order valence-electron chi connectivity index (χ1n) is 5.36. The van der Waals surface area contributed by atoms with Crippen LogP contribution in [0.3, 0.4) is 0 Å². The summed E-state index contributed by atoms with van der Waals surface area (Å²) in [5.74, 6) is 0. The Morgan fingerprint density at radius 3 is 2.36 bits per heavy atom. The molecule has 1 N–H and O–H groups in total. The van der Waals surface area contributed by atoms with Crippen molar-refractivity contribution >= 4 is 12.2 Å². The monoisotopic (exact) mass is 208 g/mol. The number of H-pyrrole nitrogens is 1. The highest BCUT2D eigenvalue weighted by atomic mass is 32.1. The van der Waals surface area contributed by atoms with Gasteiger partial charge in [-0.05, 0) is 50.2 Å². The number of imidazole rings is 1. The van der Waals surface area contributed by atoms with E-state index in [4.69, 9.17) is 12.2 Å². The summed E-state index contributed by atoms with van der Waals surface area (Å²) >= 11 is 5.37. The summed E-state index contributed by atoms with van der Waals surface area (Å²) in [6.07, 6.45) is 7.57. The van der Waals surface area contributed by atoms with Crippen molar-refractivity contribution in [2.45, 2.75) is 45.1 Å². The zero-order valence-electron chi connectivity index (χ0n) is 8.76. The van der Waals surface area contributed by atoms with Gasteiger partial charge in [0.05, 0.1) is 5.54 Å². The minimum Gasteiger partial charge on any atom is -0.335 e. The van der Waals surface area contributed by atoms with Crippen LogP contribution in [-0.4, -0.2) is 9.55 Å². The van der Waals surface area contributed by atoms with Crippen molar-refractivity contribution < 1.29 is 0 Å². The van der Waals surface area contributed by atoms with Gasteiger partial charge in [0.1, 0.15) is 0 Å². The van der Waals surface area contributed by atoms with Crippen LogP contribution in [0.4, 0.5) is 0 Å². The van der Waals surface area contributed by atoms with Crippen molar-refractivity contribution in [2.75, 3.05) is 0 Å². The van der Waals surface area contributed by atoms with Crippen molar-refractivity contribution in [3.05, 3.63) is 16.7 Å². The van der Waals surface area contributed by atoms with Crippen molar-refractivity contribution in [3.8, 4) is 0 Å². The lowest BCUT2D eigenvalue weighted by atomic mass is 9.96. The minimum atomic E-state index is 0.384. The maximum absolute atomic E-state index is 5.37. The van der Waals surface area contributed by atoms with Gasteiger partial charge in [-0.3, -0.25) is 0 Å². The van der Waals surface area contributed by atoms with Crippen LogP contribution < -0.4 is 0 Å². The van der Waals surface area contributed by atoms with Crippen LogP contribution >= 0.6 is 12.2 Å². The molecule has 0 bridgehead atoms. The first kappa shape index (κ1) is 8.72. The fourth-order valence-corrected chi connectivity index (χ4v) is 3.13. The van der Waals surface area contributed by atoms with Gasteiger partial charge in [-0.25, -0.2) is 0 Å². The predicted octanol–water partition coefficient (Wildman–Crippen LogP) is 3.14. The van der Waals surface area contributed by atoms with Crippen LogP contribution in [0, 0.1) is 17.1 Å². The van der Waals surface area contributed by atoms with E-state index >= 15 is 0 Å². The van der Waals surface area contributed by atoms with Gasteiger partial charge < -0.3 is 9.55 Å². The molecule has 2 aliphatic carbocycles. The Labute approximate surface area is 89.3 Å². The van der Waals surface area contributed by atoms with Gasteiger partial charge in [0.25, 0.3) is 0 Å². The van der Waals surface area contributed by atoms with Crippen LogP contribution in [0.5, 0.6) is 0 Å². The van der Waals surface area contributed by atoms with Gasteiger partial charge in [-0.2, -0.15) is 0 Å². The van der Waals surface area contributed by atoms with E-state index in [-0.39, 0.29) is 0 Å². The molecule has 2 aliphatic rings. The van der Waals surface area contributed by atoms with Crippen LogP contribution in [0.25, 0.3) is 0 Å². The molecule has 0 atom stereocenters. The van der Waals surface area contributed by atoms with Gasteiger partial charge in [0, 0.05) is 11.9 Å². The molecule has 0 saturated heterocycles. The molecule has 0 aliphatic heterocycles. The third kappa shape index (κ3) is 0.937. The van der Waals surface area contributed by atoms with E-state index in [1.54, 1.807) is 0 Å². The summed E-state index contributed by atoms with van der Waals surface area (Å²) in [6.45, 7) is 4.49. The molecular weight excluding hydrogens is 192 g/mol. The molecule has 1 aromatic heterocycles. The molecule has 2 fully saturated rings. The highest BCUT2D eigenvalue weighted by Gasteiger charge is 2.63. The topological polar surface area (TPSA) is 20.7 Å². The summed E-state index contributed by atoms with van der Waals surface area (Å²) in [5, 5.41) is 0. The molecule has 2 nitrogen and oxygen atoms in total. The Kier molecular flexibility index (Phi) is 1.45. The fourth-order valence-electron chi connectivity index (χ4n) is 2.74. The smallest absolute Gasteiger partial charge is 0.177 e. The van der Waals surface area contributed by atoms with Crippen molar-refractivity contribution in [2.24, 2.45) is 5.41 Å². The number of hydrogen-bond donors (Lipinski definition) is 1. The van der Waals surface area contributed by atoms with Gasteiger partial charge >= 0.3 is 0 Å². The van der Waals surface area contributed by atoms with Crippen LogP contribution in [0.2, 0.25) is 0 Å². The van der Waals surface area contributed by atoms with Crippen LogP contribution in [0.1, 0.15) is 38.3 Å². The molecule has 3 heteroatoms. The second kappa shape index (κ2) is 2.32. The third-order valence-corrected chi connectivity index (χ3v) is 4.45. The summed E-state index contributed by atoms with van der Waals surface area (Å²) in [4.78, 5) is 3.23. The van der Waals surface area contributed by atoms with E-state index < -0.39 is 0 Å². The predicted molar refractivity (Wildman–Crippen MR) is 58.9 cm³/mol. The zero-order valence-corrected chi connectivity index (χ0v) is 9.58. The van der Waals surface area contributed by atoms with E-state index in [1.807, 2.05) is 0 Å². The molecule has 2 saturated carbocycles. The maximum Gasteiger partial charge on any atom is 0.177 e. The van der Waals surface area contributed by atoms with E-state index in [0.717, 1.165) is 4.77 Å². The molecule has 0 amide bonds. The minimum absolute atomic E-state index is 0.384. The molecule has 76 valence electrons. The number of nitrogens with zero attached hydrogens (tertiary/aromatic N) is 1. The molecule has 14 heavy (non-hydrogen) atoms. The molecule has 0 radical (unpaired) electrons. The summed E-state index contributed by atoms with van der Waals surface area (Å²) in [5.41, 5.74) is 2.11. The fraction of sp³-hybridized carbons (Fsp3) is 0.727. The molecule has 0 spiro atoms. The number of aryl methyl sites for hydroxylation is 1. The first-order chi connectivity index (χ1) is 6.57. The molecular formula is C11H16N2S. The second-order valence-corrected chi connectivity index (χ2v) is 5.59. The Hall–Kier alpha value is -0.570. The zero-order chi connectivity index (χ0) is 9.97. The highest BCUT2D eigenvalue weighted by Crippen LogP contribution is 2.68. The Morgan fingerprint density at radius 2 is 2.00 bits per heavy atom. The molecule has 3 rings (SSSR count). The van der Waals surface area contributed by atoms with Crippen LogP contribution in [0.15, 0.2) is 6.20 Å². The number of nitrogens with one attached hydrogen (secondary N) is 1. The molecule has 1 heterocycles. The largest absolute Gasteiger partial charge is 0.335 e. The van der Waals surface area contributed by atoms with Crippen molar-refractivity contribution in [3.63, 3.8) is 0 Å². The lowest BCUT2D eigenvalue weighted by Crippen LogP contribution is -2.26. The number of rotatable bonds is 2. The lowest BCUT2D eigenvalue weighted by Gasteiger charge is -2.24. The molecule has 1 aromatic rings. The van der Waals surface area contributed by atoms with Crippen molar-refractivity contribution in [1.82, 2.24) is 9.55 Å². The average molecular weight is 208 g/mol. The van der Waals surface area contributed by atoms with Crippen molar-refractivity contribution in [1.29, 1.82) is 0 Å². The van der Waals surface area contributed by atoms with Crippen LogP contribution in [-0.2, 0) is 5.54 Å². The average Bonchev–Trinajstić information content (AvgIpc) is 2.97. The summed E-state index contributed by atoms with van der Waals surface area (Å²) in [7, 11) is 0. The summed E-state index contributed by atoms with van der Waals surface area (Å²) in [6, 6.07) is 0. The first-order valence-corrected chi connectivity index (χ1v) is 5.77. The summed E-state index contributed by atoms with van der Waals surface area (Å²) < 4.78 is 3.23. The van der Waals surface area contributed by atoms with Gasteiger partial charge in [0.2, 0.25) is 0 Å². The van der Waals surface area contributed by atoms with E-state index in [1.165, 1.54) is 31.4 Å². The SMILES string of the molecule is Cc1cn(C2(C3(C)CC3)CC2)c(=S)[nH]1. The van der Waals surface area contributed by atoms with E-state index in [0.29, 0.717) is 11.0 Å². The number of aromatic amines is 1. The standard InChI is InChI=1S/C11H16N2S/c1-8-7-13(9(14)12-8)11(5-6-11)10(2)3-4-10/h7H,3-6H2,1-2H3,(H,12,14). The van der Waals surface area contributed by atoms with Gasteiger partial charge in [-0.15, -0.1) is 0 Å². The number of hydrogen-bond acceptors (Lipinski definition) is 1. The maximum atomic E-state index is 5.37.